The fourth-order valence-corrected chi connectivity index (χ4v) is 1.43. The SMILES string of the molecule is CCOCc1nc(Cl)cc(-n2cccn2)n1. The Labute approximate surface area is 98.0 Å². The van der Waals surface area contributed by atoms with Crippen molar-refractivity contribution in [2.24, 2.45) is 0 Å². The highest BCUT2D eigenvalue weighted by Gasteiger charge is 2.05. The molecule has 0 N–H and O–H groups in total. The number of nitrogens with zero attached hydrogens (tertiary/aromatic N) is 4. The molecule has 2 heterocycles. The standard InChI is InChI=1S/C10H11ClN4O/c1-2-16-7-9-13-8(11)6-10(14-9)15-5-3-4-12-15/h3-6H,2,7H2,1H3. The van der Waals surface area contributed by atoms with E-state index in [4.69, 9.17) is 16.3 Å². The predicted octanol–water partition coefficient (Wildman–Crippen LogP) is 1.85. The van der Waals surface area contributed by atoms with Crippen LogP contribution in [0.3, 0.4) is 0 Å². The Hall–Kier alpha value is -1.46. The maximum absolute atomic E-state index is 5.90. The lowest BCUT2D eigenvalue weighted by atomic mass is 10.5. The summed E-state index contributed by atoms with van der Waals surface area (Å²) in [7, 11) is 0. The van der Waals surface area contributed by atoms with Crippen molar-refractivity contribution in [2.45, 2.75) is 13.5 Å². The average molecular weight is 239 g/mol. The number of halogens is 1. The molecule has 16 heavy (non-hydrogen) atoms. The van der Waals surface area contributed by atoms with Gasteiger partial charge in [-0.25, -0.2) is 14.6 Å². The molecule has 0 amide bonds. The number of hydrogen-bond acceptors (Lipinski definition) is 4. The lowest BCUT2D eigenvalue weighted by Crippen LogP contribution is -2.05. The Morgan fingerprint density at radius 1 is 1.44 bits per heavy atom. The van der Waals surface area contributed by atoms with Crippen molar-refractivity contribution in [3.63, 3.8) is 0 Å². The summed E-state index contributed by atoms with van der Waals surface area (Å²) in [6.07, 6.45) is 3.47. The lowest BCUT2D eigenvalue weighted by Gasteiger charge is -2.04. The Morgan fingerprint density at radius 3 is 3.00 bits per heavy atom. The zero-order valence-corrected chi connectivity index (χ0v) is 9.55. The Morgan fingerprint density at radius 2 is 2.31 bits per heavy atom. The van der Waals surface area contributed by atoms with Gasteiger partial charge in [0.15, 0.2) is 11.6 Å². The molecule has 5 nitrogen and oxygen atoms in total. The van der Waals surface area contributed by atoms with Crippen LogP contribution in [0, 0.1) is 0 Å². The topological polar surface area (TPSA) is 52.8 Å². The molecule has 0 bridgehead atoms. The van der Waals surface area contributed by atoms with Crippen molar-refractivity contribution in [3.05, 3.63) is 35.5 Å². The third kappa shape index (κ3) is 2.56. The van der Waals surface area contributed by atoms with Crippen LogP contribution in [0.2, 0.25) is 5.15 Å². The largest absolute Gasteiger partial charge is 0.374 e. The normalized spacial score (nSPS) is 10.6. The van der Waals surface area contributed by atoms with E-state index in [1.54, 1.807) is 23.1 Å². The van der Waals surface area contributed by atoms with Gasteiger partial charge >= 0.3 is 0 Å². The molecule has 0 radical (unpaired) electrons. The van der Waals surface area contributed by atoms with Gasteiger partial charge in [-0.15, -0.1) is 0 Å². The fourth-order valence-electron chi connectivity index (χ4n) is 1.23. The molecule has 0 saturated heterocycles. The van der Waals surface area contributed by atoms with Gasteiger partial charge in [-0.2, -0.15) is 5.10 Å². The third-order valence-electron chi connectivity index (χ3n) is 1.90. The highest BCUT2D eigenvalue weighted by molar-refractivity contribution is 6.29. The quantitative estimate of drug-likeness (QED) is 0.763. The van der Waals surface area contributed by atoms with E-state index in [0.717, 1.165) is 0 Å². The van der Waals surface area contributed by atoms with Gasteiger partial charge in [-0.05, 0) is 13.0 Å². The Kier molecular flexibility index (Phi) is 3.48. The second kappa shape index (κ2) is 5.05. The van der Waals surface area contributed by atoms with Crippen molar-refractivity contribution in [1.82, 2.24) is 19.7 Å². The van der Waals surface area contributed by atoms with Gasteiger partial charge in [0, 0.05) is 25.1 Å². The molecule has 0 spiro atoms. The van der Waals surface area contributed by atoms with Crippen molar-refractivity contribution < 1.29 is 4.74 Å². The lowest BCUT2D eigenvalue weighted by molar-refractivity contribution is 0.128. The monoisotopic (exact) mass is 238 g/mol. The molecule has 2 aromatic rings. The van der Waals surface area contributed by atoms with E-state index < -0.39 is 0 Å². The van der Waals surface area contributed by atoms with Crippen LogP contribution >= 0.6 is 11.6 Å². The molecule has 0 atom stereocenters. The predicted molar refractivity (Wildman–Crippen MR) is 59.5 cm³/mol. The van der Waals surface area contributed by atoms with Crippen LogP contribution in [0.25, 0.3) is 5.82 Å². The molecule has 2 rings (SSSR count). The minimum Gasteiger partial charge on any atom is -0.374 e. The molecule has 2 aromatic heterocycles. The number of rotatable bonds is 4. The summed E-state index contributed by atoms with van der Waals surface area (Å²) in [6.45, 7) is 2.89. The summed E-state index contributed by atoms with van der Waals surface area (Å²) in [6, 6.07) is 3.47. The molecule has 84 valence electrons. The smallest absolute Gasteiger partial charge is 0.158 e. The zero-order chi connectivity index (χ0) is 11.4. The third-order valence-corrected chi connectivity index (χ3v) is 2.10. The van der Waals surface area contributed by atoms with Gasteiger partial charge in [0.1, 0.15) is 11.8 Å². The maximum atomic E-state index is 5.90. The second-order valence-electron chi connectivity index (χ2n) is 3.05. The molecule has 6 heteroatoms. The van der Waals surface area contributed by atoms with E-state index in [9.17, 15) is 0 Å². The minimum absolute atomic E-state index is 0.353. The van der Waals surface area contributed by atoms with Crippen LogP contribution in [0.15, 0.2) is 24.5 Å². The van der Waals surface area contributed by atoms with Crippen molar-refractivity contribution >= 4 is 11.6 Å². The van der Waals surface area contributed by atoms with Crippen LogP contribution in [0.1, 0.15) is 12.7 Å². The number of ether oxygens (including phenoxy) is 1. The zero-order valence-electron chi connectivity index (χ0n) is 8.80. The molecular weight excluding hydrogens is 228 g/mol. The highest BCUT2D eigenvalue weighted by atomic mass is 35.5. The Balaban J connectivity index is 2.29. The van der Waals surface area contributed by atoms with Crippen molar-refractivity contribution in [1.29, 1.82) is 0 Å². The molecule has 0 unspecified atom stereocenters. The summed E-state index contributed by atoms with van der Waals surface area (Å²) in [5.41, 5.74) is 0. The number of aromatic nitrogens is 4. The van der Waals surface area contributed by atoms with E-state index in [1.807, 2.05) is 13.0 Å². The van der Waals surface area contributed by atoms with Gasteiger partial charge in [-0.3, -0.25) is 0 Å². The maximum Gasteiger partial charge on any atom is 0.158 e. The molecule has 0 aliphatic rings. The first-order valence-electron chi connectivity index (χ1n) is 4.91. The van der Waals surface area contributed by atoms with Crippen LogP contribution in [-0.2, 0) is 11.3 Å². The highest BCUT2D eigenvalue weighted by Crippen LogP contribution is 2.11. The van der Waals surface area contributed by atoms with E-state index in [0.29, 0.717) is 30.0 Å². The van der Waals surface area contributed by atoms with Gasteiger partial charge in [-0.1, -0.05) is 11.6 Å². The van der Waals surface area contributed by atoms with E-state index in [1.165, 1.54) is 0 Å². The van der Waals surface area contributed by atoms with Crippen molar-refractivity contribution in [2.75, 3.05) is 6.61 Å². The van der Waals surface area contributed by atoms with Gasteiger partial charge in [0.25, 0.3) is 0 Å². The van der Waals surface area contributed by atoms with Crippen LogP contribution < -0.4 is 0 Å². The fraction of sp³-hybridized carbons (Fsp3) is 0.300. The second-order valence-corrected chi connectivity index (χ2v) is 3.44. The summed E-state index contributed by atoms with van der Waals surface area (Å²) in [4.78, 5) is 8.36. The summed E-state index contributed by atoms with van der Waals surface area (Å²) in [5.74, 6) is 1.19. The first-order valence-corrected chi connectivity index (χ1v) is 5.28. The molecule has 0 fully saturated rings. The molecular formula is C10H11ClN4O. The number of hydrogen-bond donors (Lipinski definition) is 0. The molecule has 0 aliphatic carbocycles. The molecule has 0 saturated carbocycles. The summed E-state index contributed by atoms with van der Waals surface area (Å²) < 4.78 is 6.86. The van der Waals surface area contributed by atoms with Crippen LogP contribution in [0.5, 0.6) is 0 Å². The molecule has 0 aromatic carbocycles. The summed E-state index contributed by atoms with van der Waals surface area (Å²) >= 11 is 5.90. The van der Waals surface area contributed by atoms with Crippen molar-refractivity contribution in [3.8, 4) is 5.82 Å². The first kappa shape index (κ1) is 11.0. The van der Waals surface area contributed by atoms with Crippen LogP contribution in [-0.4, -0.2) is 26.4 Å². The average Bonchev–Trinajstić information content (AvgIpc) is 2.79. The van der Waals surface area contributed by atoms with E-state index >= 15 is 0 Å². The van der Waals surface area contributed by atoms with E-state index in [2.05, 4.69) is 15.1 Å². The van der Waals surface area contributed by atoms with Gasteiger partial charge < -0.3 is 4.74 Å². The first-order chi connectivity index (χ1) is 7.79. The summed E-state index contributed by atoms with van der Waals surface area (Å²) in [5, 5.41) is 4.46. The Bertz CT molecular complexity index is 458. The van der Waals surface area contributed by atoms with Crippen LogP contribution in [0.4, 0.5) is 0 Å². The van der Waals surface area contributed by atoms with Gasteiger partial charge in [0.05, 0.1) is 0 Å². The van der Waals surface area contributed by atoms with E-state index in [-0.39, 0.29) is 0 Å². The molecule has 0 aliphatic heterocycles. The van der Waals surface area contributed by atoms with Gasteiger partial charge in [0.2, 0.25) is 0 Å². The minimum atomic E-state index is 0.353.